The Labute approximate surface area is 139 Å². The number of aliphatic hydroxyl groups is 2. The third-order valence-electron chi connectivity index (χ3n) is 3.93. The minimum absolute atomic E-state index is 0.406. The van der Waals surface area contributed by atoms with Gasteiger partial charge >= 0.3 is 11.7 Å². The second-order valence-electron chi connectivity index (χ2n) is 6.20. The number of halogens is 2. The minimum atomic E-state index is -3.05. The van der Waals surface area contributed by atoms with E-state index < -0.39 is 59.3 Å². The lowest BCUT2D eigenvalue weighted by Gasteiger charge is -2.30. The average molecular weight is 364 g/mol. The van der Waals surface area contributed by atoms with Crippen LogP contribution in [0.2, 0.25) is 0 Å². The summed E-state index contributed by atoms with van der Waals surface area (Å²) >= 11 is 0. The zero-order valence-corrected chi connectivity index (χ0v) is 13.7. The molecule has 1 fully saturated rings. The van der Waals surface area contributed by atoms with Crippen LogP contribution in [0, 0.1) is 11.7 Å². The Bertz CT molecular complexity index is 792. The standard InChI is InChI=1S/C14H18F2N2O7/c1-6(2)11(22)24-5-14(16)9(20)8(19)13(3,25-14)18-4-7(15)10(21)17-12(18)23/h4,6,8-9,19-20H,5H2,1-3H3,(H,17,21,23)/t8-,9+,13-,14-/m1/s1. The molecule has 9 nitrogen and oxygen atoms in total. The minimum Gasteiger partial charge on any atom is -0.459 e. The van der Waals surface area contributed by atoms with Crippen molar-refractivity contribution in [1.82, 2.24) is 9.55 Å². The van der Waals surface area contributed by atoms with Gasteiger partial charge in [-0.05, 0) is 6.92 Å². The number of hydrogen-bond acceptors (Lipinski definition) is 7. The maximum Gasteiger partial charge on any atom is 0.330 e. The fourth-order valence-electron chi connectivity index (χ4n) is 2.41. The number of aromatic amines is 1. The molecule has 0 aromatic carbocycles. The number of carbonyl (C=O) groups is 1. The zero-order valence-electron chi connectivity index (χ0n) is 13.7. The Balaban J connectivity index is 2.38. The van der Waals surface area contributed by atoms with Gasteiger partial charge in [-0.3, -0.25) is 19.1 Å². The van der Waals surface area contributed by atoms with E-state index >= 15 is 0 Å². The van der Waals surface area contributed by atoms with Gasteiger partial charge < -0.3 is 19.7 Å². The first kappa shape index (κ1) is 19.2. The summed E-state index contributed by atoms with van der Waals surface area (Å²) in [6, 6.07) is 0. The molecule has 0 saturated carbocycles. The molecule has 1 aromatic rings. The van der Waals surface area contributed by atoms with Crippen LogP contribution in [0.15, 0.2) is 15.8 Å². The lowest BCUT2D eigenvalue weighted by molar-refractivity contribution is -0.245. The van der Waals surface area contributed by atoms with Gasteiger partial charge in [0.05, 0.1) is 12.1 Å². The van der Waals surface area contributed by atoms with Crippen LogP contribution >= 0.6 is 0 Å². The van der Waals surface area contributed by atoms with Crippen LogP contribution in [-0.4, -0.2) is 50.4 Å². The van der Waals surface area contributed by atoms with Crippen molar-refractivity contribution in [2.45, 2.75) is 44.6 Å². The Hall–Kier alpha value is -2.11. The van der Waals surface area contributed by atoms with E-state index in [1.54, 1.807) is 4.98 Å². The first-order valence-electron chi connectivity index (χ1n) is 7.36. The van der Waals surface area contributed by atoms with Gasteiger partial charge in [-0.25, -0.2) is 9.18 Å². The highest BCUT2D eigenvalue weighted by molar-refractivity contribution is 5.71. The highest BCUT2D eigenvalue weighted by Gasteiger charge is 2.63. The van der Waals surface area contributed by atoms with Crippen molar-refractivity contribution in [3.05, 3.63) is 32.9 Å². The molecule has 3 N–H and O–H groups in total. The summed E-state index contributed by atoms with van der Waals surface area (Å²) in [5, 5.41) is 20.1. The lowest BCUT2D eigenvalue weighted by Crippen LogP contribution is -2.50. The van der Waals surface area contributed by atoms with Crippen LogP contribution in [0.1, 0.15) is 20.8 Å². The van der Waals surface area contributed by atoms with Gasteiger partial charge in [-0.2, -0.15) is 4.39 Å². The number of alkyl halides is 1. The van der Waals surface area contributed by atoms with Crippen LogP contribution in [0.4, 0.5) is 8.78 Å². The molecule has 0 amide bonds. The summed E-state index contributed by atoms with van der Waals surface area (Å²) < 4.78 is 38.4. The fraction of sp³-hybridized carbons (Fsp3) is 0.643. The third-order valence-corrected chi connectivity index (χ3v) is 3.93. The van der Waals surface area contributed by atoms with E-state index in [-0.39, 0.29) is 0 Å². The van der Waals surface area contributed by atoms with E-state index in [4.69, 9.17) is 4.74 Å². The highest BCUT2D eigenvalue weighted by Crippen LogP contribution is 2.42. The number of H-pyrrole nitrogens is 1. The Morgan fingerprint density at radius 1 is 1.44 bits per heavy atom. The zero-order chi connectivity index (χ0) is 19.2. The number of ether oxygens (including phenoxy) is 2. The largest absolute Gasteiger partial charge is 0.459 e. The second kappa shape index (κ2) is 6.32. The van der Waals surface area contributed by atoms with Crippen molar-refractivity contribution in [1.29, 1.82) is 0 Å². The van der Waals surface area contributed by atoms with Crippen LogP contribution in [0.5, 0.6) is 0 Å². The lowest BCUT2D eigenvalue weighted by atomic mass is 10.0. The molecular formula is C14H18F2N2O7. The Morgan fingerprint density at radius 2 is 2.04 bits per heavy atom. The molecule has 2 heterocycles. The number of aromatic nitrogens is 2. The van der Waals surface area contributed by atoms with Gasteiger partial charge in [0.2, 0.25) is 5.82 Å². The summed E-state index contributed by atoms with van der Waals surface area (Å²) in [7, 11) is 0. The number of carbonyl (C=O) groups excluding carboxylic acids is 1. The monoisotopic (exact) mass is 364 g/mol. The molecule has 1 aliphatic heterocycles. The molecule has 25 heavy (non-hydrogen) atoms. The van der Waals surface area contributed by atoms with Crippen molar-refractivity contribution in [2.24, 2.45) is 5.92 Å². The average Bonchev–Trinajstić information content (AvgIpc) is 2.70. The number of nitrogens with zero attached hydrogens (tertiary/aromatic N) is 1. The van der Waals surface area contributed by atoms with Gasteiger partial charge in [0.25, 0.3) is 11.4 Å². The van der Waals surface area contributed by atoms with Gasteiger partial charge in [0.1, 0.15) is 12.2 Å². The van der Waals surface area contributed by atoms with Gasteiger partial charge in [-0.15, -0.1) is 0 Å². The predicted octanol–water partition coefficient (Wildman–Crippen LogP) is -1.03. The SMILES string of the molecule is CC(C)C(=O)OC[C@@]1(F)O[C@@](C)(n2cc(F)c(=O)[nH]c2=O)[C@H](O)[C@@H]1O. The van der Waals surface area contributed by atoms with Gasteiger partial charge in [0, 0.05) is 0 Å². The van der Waals surface area contributed by atoms with Crippen LogP contribution < -0.4 is 11.2 Å². The van der Waals surface area contributed by atoms with E-state index in [1.165, 1.54) is 13.8 Å². The molecule has 4 atom stereocenters. The molecule has 2 rings (SSSR count). The topological polar surface area (TPSA) is 131 Å². The van der Waals surface area contributed by atoms with Crippen molar-refractivity contribution in [2.75, 3.05) is 6.61 Å². The van der Waals surface area contributed by atoms with E-state index in [1.807, 2.05) is 0 Å². The van der Waals surface area contributed by atoms with Crippen molar-refractivity contribution in [3.8, 4) is 0 Å². The highest BCUT2D eigenvalue weighted by atomic mass is 19.2. The number of esters is 1. The van der Waals surface area contributed by atoms with Gasteiger partial charge in [0.15, 0.2) is 12.3 Å². The Morgan fingerprint density at radius 3 is 2.60 bits per heavy atom. The van der Waals surface area contributed by atoms with Crippen LogP contribution in [-0.2, 0) is 20.0 Å². The molecule has 0 spiro atoms. The number of aliphatic hydroxyl groups excluding tert-OH is 2. The molecule has 1 aliphatic rings. The van der Waals surface area contributed by atoms with Gasteiger partial charge in [-0.1, -0.05) is 13.8 Å². The number of hydrogen-bond donors (Lipinski definition) is 3. The van der Waals surface area contributed by atoms with E-state index in [0.717, 1.165) is 6.92 Å². The second-order valence-corrected chi connectivity index (χ2v) is 6.20. The molecular weight excluding hydrogens is 346 g/mol. The first-order chi connectivity index (χ1) is 11.4. The quantitative estimate of drug-likeness (QED) is 0.582. The molecule has 11 heteroatoms. The molecule has 0 aliphatic carbocycles. The smallest absolute Gasteiger partial charge is 0.330 e. The predicted molar refractivity (Wildman–Crippen MR) is 77.7 cm³/mol. The summed E-state index contributed by atoms with van der Waals surface area (Å²) in [6.07, 6.45) is -3.82. The molecule has 1 saturated heterocycles. The van der Waals surface area contributed by atoms with E-state index in [9.17, 15) is 33.4 Å². The summed E-state index contributed by atoms with van der Waals surface area (Å²) in [5.41, 5.74) is -4.76. The van der Waals surface area contributed by atoms with Crippen LogP contribution in [0.25, 0.3) is 0 Å². The molecule has 140 valence electrons. The summed E-state index contributed by atoms with van der Waals surface area (Å²) in [4.78, 5) is 36.1. The molecule has 0 bridgehead atoms. The first-order valence-corrected chi connectivity index (χ1v) is 7.36. The Kier molecular flexibility index (Phi) is 4.86. The maximum absolute atomic E-state index is 14.9. The summed E-state index contributed by atoms with van der Waals surface area (Å²) in [6.45, 7) is 2.95. The van der Waals surface area contributed by atoms with Crippen molar-refractivity contribution in [3.63, 3.8) is 0 Å². The molecule has 0 unspecified atom stereocenters. The van der Waals surface area contributed by atoms with Crippen molar-refractivity contribution >= 4 is 5.97 Å². The van der Waals surface area contributed by atoms with Crippen molar-refractivity contribution < 1.29 is 33.3 Å². The number of nitrogens with one attached hydrogen (secondary N) is 1. The van der Waals surface area contributed by atoms with E-state index in [2.05, 4.69) is 4.74 Å². The van der Waals surface area contributed by atoms with Crippen LogP contribution in [0.3, 0.4) is 0 Å². The maximum atomic E-state index is 14.9. The molecule has 1 aromatic heterocycles. The fourth-order valence-corrected chi connectivity index (χ4v) is 2.41. The third kappa shape index (κ3) is 3.22. The summed E-state index contributed by atoms with van der Waals surface area (Å²) in [5.74, 6) is -5.78. The molecule has 0 radical (unpaired) electrons. The van der Waals surface area contributed by atoms with E-state index in [0.29, 0.717) is 10.8 Å². The number of rotatable bonds is 4. The normalized spacial score (nSPS) is 32.2.